The van der Waals surface area contributed by atoms with Crippen LogP contribution in [0.5, 0.6) is 5.75 Å². The van der Waals surface area contributed by atoms with E-state index < -0.39 is 0 Å². The van der Waals surface area contributed by atoms with Crippen LogP contribution in [0.2, 0.25) is 0 Å². The van der Waals surface area contributed by atoms with Gasteiger partial charge in [-0.25, -0.2) is 0 Å². The molecule has 2 aromatic heterocycles. The SMILES string of the molecule is COc1ccc2c(c1)N(C)C(C)(c1cccs1)C=C2c1cccs1. The number of fused-ring (bicyclic) bond motifs is 1. The van der Waals surface area contributed by atoms with Gasteiger partial charge in [-0.2, -0.15) is 0 Å². The summed E-state index contributed by atoms with van der Waals surface area (Å²) in [5.41, 5.74) is 3.59. The van der Waals surface area contributed by atoms with Crippen molar-refractivity contribution >= 4 is 33.9 Å². The fourth-order valence-electron chi connectivity index (χ4n) is 3.29. The second-order valence-corrected chi connectivity index (χ2v) is 8.00. The van der Waals surface area contributed by atoms with Crippen molar-refractivity contribution in [1.82, 2.24) is 0 Å². The molecular formula is C20H19NOS2. The number of anilines is 1. The zero-order valence-corrected chi connectivity index (χ0v) is 15.6. The van der Waals surface area contributed by atoms with Crippen LogP contribution in [-0.2, 0) is 5.54 Å². The summed E-state index contributed by atoms with van der Waals surface area (Å²) in [5.74, 6) is 0.890. The Bertz CT molecular complexity index is 881. The summed E-state index contributed by atoms with van der Waals surface area (Å²) < 4.78 is 5.47. The highest BCUT2D eigenvalue weighted by molar-refractivity contribution is 7.11. The number of benzene rings is 1. The number of hydrogen-bond donors (Lipinski definition) is 0. The second kappa shape index (κ2) is 5.80. The average Bonchev–Trinajstić information content (AvgIpc) is 3.31. The monoisotopic (exact) mass is 353 g/mol. The van der Waals surface area contributed by atoms with E-state index in [2.05, 4.69) is 72.1 Å². The van der Waals surface area contributed by atoms with Crippen LogP contribution in [0.4, 0.5) is 5.69 Å². The highest BCUT2D eigenvalue weighted by atomic mass is 32.1. The molecule has 1 aromatic carbocycles. The normalized spacial score (nSPS) is 19.8. The van der Waals surface area contributed by atoms with Crippen molar-refractivity contribution in [2.45, 2.75) is 12.5 Å². The highest BCUT2D eigenvalue weighted by Gasteiger charge is 2.37. The first-order valence-electron chi connectivity index (χ1n) is 7.86. The molecule has 0 amide bonds. The van der Waals surface area contributed by atoms with Crippen LogP contribution < -0.4 is 9.64 Å². The van der Waals surface area contributed by atoms with Crippen LogP contribution in [0.25, 0.3) is 5.57 Å². The van der Waals surface area contributed by atoms with Gasteiger partial charge in [0.25, 0.3) is 0 Å². The summed E-state index contributed by atoms with van der Waals surface area (Å²) in [7, 11) is 3.89. The van der Waals surface area contributed by atoms with Gasteiger partial charge in [0.15, 0.2) is 0 Å². The van der Waals surface area contributed by atoms with Crippen molar-refractivity contribution in [3.05, 3.63) is 74.6 Å². The lowest BCUT2D eigenvalue weighted by Gasteiger charge is -2.43. The van der Waals surface area contributed by atoms with Crippen LogP contribution in [0, 0.1) is 0 Å². The van der Waals surface area contributed by atoms with Crippen molar-refractivity contribution < 1.29 is 4.74 Å². The zero-order valence-electron chi connectivity index (χ0n) is 13.9. The second-order valence-electron chi connectivity index (χ2n) is 6.10. The Labute approximate surface area is 150 Å². The summed E-state index contributed by atoms with van der Waals surface area (Å²) in [6.45, 7) is 2.29. The number of methoxy groups -OCH3 is 1. The van der Waals surface area contributed by atoms with Crippen molar-refractivity contribution in [3.8, 4) is 5.75 Å². The molecule has 4 rings (SSSR count). The molecule has 0 radical (unpaired) electrons. The maximum Gasteiger partial charge on any atom is 0.120 e. The maximum absolute atomic E-state index is 5.47. The summed E-state index contributed by atoms with van der Waals surface area (Å²) in [6, 6.07) is 15.0. The van der Waals surface area contributed by atoms with E-state index in [0.717, 1.165) is 5.75 Å². The summed E-state index contributed by atoms with van der Waals surface area (Å²) >= 11 is 3.59. The Hall–Kier alpha value is -2.04. The summed E-state index contributed by atoms with van der Waals surface area (Å²) in [5, 5.41) is 4.29. The summed E-state index contributed by atoms with van der Waals surface area (Å²) in [4.78, 5) is 5.00. The van der Waals surface area contributed by atoms with Gasteiger partial charge in [-0.05, 0) is 53.6 Å². The third kappa shape index (κ3) is 2.29. The molecule has 0 bridgehead atoms. The quantitative estimate of drug-likeness (QED) is 0.606. The number of hydrogen-bond acceptors (Lipinski definition) is 4. The Kier molecular flexibility index (Phi) is 3.74. The summed E-state index contributed by atoms with van der Waals surface area (Å²) in [6.07, 6.45) is 2.40. The molecule has 0 saturated carbocycles. The number of likely N-dealkylation sites (N-methyl/N-ethyl adjacent to an activating group) is 1. The molecule has 122 valence electrons. The van der Waals surface area contributed by atoms with E-state index in [1.807, 2.05) is 6.07 Å². The molecule has 1 aliphatic heterocycles. The van der Waals surface area contributed by atoms with Gasteiger partial charge in [-0.15, -0.1) is 22.7 Å². The van der Waals surface area contributed by atoms with Gasteiger partial charge >= 0.3 is 0 Å². The van der Waals surface area contributed by atoms with E-state index in [0.29, 0.717) is 0 Å². The van der Waals surface area contributed by atoms with Crippen LogP contribution in [0.3, 0.4) is 0 Å². The van der Waals surface area contributed by atoms with Gasteiger partial charge < -0.3 is 9.64 Å². The average molecular weight is 354 g/mol. The molecule has 24 heavy (non-hydrogen) atoms. The number of nitrogens with zero attached hydrogens (tertiary/aromatic N) is 1. The van der Waals surface area contributed by atoms with Crippen molar-refractivity contribution in [2.24, 2.45) is 0 Å². The van der Waals surface area contributed by atoms with E-state index in [1.165, 1.54) is 26.6 Å². The lowest BCUT2D eigenvalue weighted by Crippen LogP contribution is -2.41. The Morgan fingerprint density at radius 2 is 1.83 bits per heavy atom. The first kappa shape index (κ1) is 15.5. The molecule has 0 fully saturated rings. The minimum atomic E-state index is -0.174. The molecule has 0 N–H and O–H groups in total. The lowest BCUT2D eigenvalue weighted by atomic mass is 9.85. The predicted octanol–water partition coefficient (Wildman–Crippen LogP) is 5.62. The molecule has 3 aromatic rings. The number of thiophene rings is 2. The zero-order chi connectivity index (χ0) is 16.7. The molecule has 0 aliphatic carbocycles. The molecule has 1 aliphatic rings. The van der Waals surface area contributed by atoms with E-state index in [1.54, 1.807) is 29.8 Å². The van der Waals surface area contributed by atoms with E-state index in [-0.39, 0.29) is 5.54 Å². The van der Waals surface area contributed by atoms with Crippen LogP contribution in [0.15, 0.2) is 59.3 Å². The van der Waals surface area contributed by atoms with Gasteiger partial charge in [-0.3, -0.25) is 0 Å². The molecular weight excluding hydrogens is 334 g/mol. The fraction of sp³-hybridized carbons (Fsp3) is 0.200. The van der Waals surface area contributed by atoms with Crippen LogP contribution >= 0.6 is 22.7 Å². The standard InChI is InChI=1S/C20H19NOS2/c1-20(19-7-5-11-24-19)13-16(18-6-4-10-23-18)15-9-8-14(22-3)12-17(15)21(20)2/h4-13H,1-3H3. The largest absolute Gasteiger partial charge is 0.497 e. The molecule has 3 heterocycles. The Balaban J connectivity index is 1.97. The third-order valence-electron chi connectivity index (χ3n) is 4.79. The van der Waals surface area contributed by atoms with E-state index in [4.69, 9.17) is 4.74 Å². The van der Waals surface area contributed by atoms with Gasteiger partial charge in [0.1, 0.15) is 5.75 Å². The minimum Gasteiger partial charge on any atom is -0.497 e. The van der Waals surface area contributed by atoms with Gasteiger partial charge in [-0.1, -0.05) is 12.1 Å². The van der Waals surface area contributed by atoms with Gasteiger partial charge in [0, 0.05) is 34.1 Å². The number of rotatable bonds is 3. The number of ether oxygens (including phenoxy) is 1. The predicted molar refractivity (Wildman–Crippen MR) is 104 cm³/mol. The van der Waals surface area contributed by atoms with Crippen molar-refractivity contribution in [2.75, 3.05) is 19.1 Å². The fourth-order valence-corrected chi connectivity index (χ4v) is 4.94. The topological polar surface area (TPSA) is 12.5 Å². The van der Waals surface area contributed by atoms with Gasteiger partial charge in [0.2, 0.25) is 0 Å². The van der Waals surface area contributed by atoms with Gasteiger partial charge in [0.05, 0.1) is 12.6 Å². The molecule has 2 nitrogen and oxygen atoms in total. The van der Waals surface area contributed by atoms with E-state index in [9.17, 15) is 0 Å². The smallest absolute Gasteiger partial charge is 0.120 e. The molecule has 0 spiro atoms. The highest BCUT2D eigenvalue weighted by Crippen LogP contribution is 2.47. The molecule has 4 heteroatoms. The molecule has 0 saturated heterocycles. The Morgan fingerprint density at radius 1 is 1.04 bits per heavy atom. The molecule has 1 unspecified atom stereocenters. The minimum absolute atomic E-state index is 0.174. The maximum atomic E-state index is 5.47. The lowest BCUT2D eigenvalue weighted by molar-refractivity contribution is 0.414. The van der Waals surface area contributed by atoms with Crippen LogP contribution in [-0.4, -0.2) is 14.2 Å². The molecule has 1 atom stereocenters. The van der Waals surface area contributed by atoms with Crippen molar-refractivity contribution in [3.63, 3.8) is 0 Å². The van der Waals surface area contributed by atoms with Crippen molar-refractivity contribution in [1.29, 1.82) is 0 Å². The first-order chi connectivity index (χ1) is 11.6. The van der Waals surface area contributed by atoms with E-state index >= 15 is 0 Å². The Morgan fingerprint density at radius 3 is 2.50 bits per heavy atom. The van der Waals surface area contributed by atoms with Crippen LogP contribution in [0.1, 0.15) is 22.2 Å². The first-order valence-corrected chi connectivity index (χ1v) is 9.62. The third-order valence-corrected chi connectivity index (χ3v) is 6.78.